The summed E-state index contributed by atoms with van der Waals surface area (Å²) in [5.41, 5.74) is 11.9. The first-order valence-corrected chi connectivity index (χ1v) is 22.4. The van der Waals surface area contributed by atoms with Crippen LogP contribution in [0.25, 0.3) is 38.8 Å². The predicted molar refractivity (Wildman–Crippen MR) is 267 cm³/mol. The molecule has 0 saturated heterocycles. The van der Waals surface area contributed by atoms with Crippen molar-refractivity contribution in [1.82, 2.24) is 9.55 Å². The Morgan fingerprint density at radius 2 is 1.22 bits per heavy atom. The van der Waals surface area contributed by atoms with Gasteiger partial charge < -0.3 is 19.1 Å². The summed E-state index contributed by atoms with van der Waals surface area (Å²) < 4.78 is 9.18. The summed E-state index contributed by atoms with van der Waals surface area (Å²) in [6.45, 7) is 27.0. The van der Waals surface area contributed by atoms with Crippen LogP contribution in [0.3, 0.4) is 0 Å². The molecule has 0 amide bonds. The molecule has 6 heteroatoms. The van der Waals surface area contributed by atoms with Gasteiger partial charge in [0.1, 0.15) is 5.82 Å². The second kappa shape index (κ2) is 17.1. The van der Waals surface area contributed by atoms with E-state index in [1.807, 2.05) is 12.3 Å². The molecule has 5 nitrogen and oxygen atoms in total. The summed E-state index contributed by atoms with van der Waals surface area (Å²) in [7, 11) is 0. The van der Waals surface area contributed by atoms with Crippen molar-refractivity contribution in [1.29, 1.82) is 0 Å². The van der Waals surface area contributed by atoms with E-state index in [2.05, 4.69) is 249 Å². The molecule has 2 aromatic heterocycles. The molecule has 0 unspecified atom stereocenters. The molecule has 0 N–H and O–H groups in total. The maximum atomic E-state index is 6.95. The van der Waals surface area contributed by atoms with Gasteiger partial charge >= 0.3 is 0 Å². The maximum Gasteiger partial charge on any atom is 0.135 e. The van der Waals surface area contributed by atoms with E-state index in [1.54, 1.807) is 0 Å². The molecule has 8 aromatic rings. The number of anilines is 2. The van der Waals surface area contributed by atoms with E-state index >= 15 is 0 Å². The molecule has 3 heterocycles. The Bertz CT molecular complexity index is 3020. The summed E-state index contributed by atoms with van der Waals surface area (Å²) >= 11 is 0. The number of nitrogens with zero attached hydrogens (tertiary/aromatic N) is 4. The smallest absolute Gasteiger partial charge is 0.135 e. The number of aromatic nitrogens is 2. The quantitative estimate of drug-likeness (QED) is 0.142. The molecule has 6 aromatic carbocycles. The molecular weight excluding hydrogens is 976 g/mol. The van der Waals surface area contributed by atoms with Gasteiger partial charge in [-0.25, -0.2) is 4.98 Å². The van der Waals surface area contributed by atoms with Gasteiger partial charge in [-0.3, -0.25) is 0 Å². The van der Waals surface area contributed by atoms with E-state index in [9.17, 15) is 0 Å². The van der Waals surface area contributed by atoms with Crippen molar-refractivity contribution in [3.05, 3.63) is 199 Å². The van der Waals surface area contributed by atoms with Gasteiger partial charge in [0.05, 0.1) is 0 Å². The Hall–Kier alpha value is -5.90. The van der Waals surface area contributed by atoms with E-state index in [4.69, 9.17) is 9.72 Å². The van der Waals surface area contributed by atoms with Crippen LogP contribution >= 0.6 is 0 Å². The van der Waals surface area contributed by atoms with Crippen molar-refractivity contribution in [2.45, 2.75) is 92.4 Å². The molecule has 0 fully saturated rings. The van der Waals surface area contributed by atoms with Crippen LogP contribution < -0.4 is 14.5 Å². The third-order valence-corrected chi connectivity index (χ3v) is 12.7. The minimum absolute atomic E-state index is 0. The molecule has 0 aliphatic carbocycles. The molecule has 0 atom stereocenters. The summed E-state index contributed by atoms with van der Waals surface area (Å²) in [5.74, 6) is 2.05. The zero-order valence-electron chi connectivity index (χ0n) is 39.5. The summed E-state index contributed by atoms with van der Waals surface area (Å²) in [6, 6.07) is 57.2. The Morgan fingerprint density at radius 3 is 1.88 bits per heavy atom. The third kappa shape index (κ3) is 9.05. The number of rotatable bonds is 8. The molecule has 0 saturated carbocycles. The Labute approximate surface area is 401 Å². The molecule has 0 bridgehead atoms. The number of benzene rings is 6. The number of pyridine rings is 1. The van der Waals surface area contributed by atoms with Gasteiger partial charge in [0, 0.05) is 61.1 Å². The van der Waals surface area contributed by atoms with Crippen LogP contribution in [0.4, 0.5) is 11.4 Å². The van der Waals surface area contributed by atoms with Gasteiger partial charge in [-0.2, -0.15) is 6.07 Å². The second-order valence-corrected chi connectivity index (χ2v) is 20.8. The molecule has 1 aliphatic heterocycles. The molecule has 9 rings (SSSR count). The zero-order chi connectivity index (χ0) is 45.2. The Balaban J connectivity index is 0.00000576. The first kappa shape index (κ1) is 45.7. The van der Waals surface area contributed by atoms with E-state index in [-0.39, 0.29) is 42.7 Å². The fourth-order valence-corrected chi connectivity index (χ4v) is 8.69. The normalized spacial score (nSPS) is 13.6. The molecule has 0 spiro atoms. The summed E-state index contributed by atoms with van der Waals surface area (Å²) in [4.78, 5) is 9.46. The van der Waals surface area contributed by atoms with Crippen molar-refractivity contribution in [2.24, 2.45) is 5.41 Å². The van der Waals surface area contributed by atoms with Crippen molar-refractivity contribution >= 4 is 33.2 Å². The fraction of sp³-hybridized carbons (Fsp3) is 0.254. The van der Waals surface area contributed by atoms with Crippen molar-refractivity contribution < 1.29 is 25.8 Å². The molecule has 65 heavy (non-hydrogen) atoms. The van der Waals surface area contributed by atoms with E-state index in [0.29, 0.717) is 11.5 Å². The van der Waals surface area contributed by atoms with Gasteiger partial charge in [-0.05, 0) is 86.0 Å². The van der Waals surface area contributed by atoms with Crippen molar-refractivity contribution in [2.75, 3.05) is 9.80 Å². The molecule has 1 aliphatic rings. The number of hydrogen-bond acceptors (Lipinski definition) is 4. The number of hydrogen-bond donors (Lipinski definition) is 0. The zero-order valence-corrected chi connectivity index (χ0v) is 41.8. The minimum Gasteiger partial charge on any atom is -0.509 e. The van der Waals surface area contributed by atoms with E-state index in [1.165, 1.54) is 28.0 Å². The second-order valence-electron chi connectivity index (χ2n) is 20.8. The topological polar surface area (TPSA) is 33.5 Å². The van der Waals surface area contributed by atoms with Crippen molar-refractivity contribution in [3.8, 4) is 28.4 Å². The van der Waals surface area contributed by atoms with Crippen LogP contribution in [0, 0.1) is 24.2 Å². The number of ether oxygens (including phenoxy) is 1. The van der Waals surface area contributed by atoms with Crippen LogP contribution in [-0.4, -0.2) is 9.55 Å². The average Bonchev–Trinajstić information content (AvgIpc) is 3.87. The standard InChI is InChI=1S/C59H59N4O.Pt/c1-56(2,3)42-23-25-46(26-24-42)62-39-61(38-54(62)58(7,8)9)47-33-45(59(10,11)43-20-16-13-17-21-43)34-49(36-47)64-48-27-28-50-51-32-41(40-18-14-12-15-19-40)22-29-52(51)63(53(50)37-48)55-35-44(30-31-60-55)57(4,5)6;/h12-35,38-39H,1-11H3;/q-3;. The van der Waals surface area contributed by atoms with E-state index < -0.39 is 0 Å². The van der Waals surface area contributed by atoms with Gasteiger partial charge in [-0.15, -0.1) is 53.6 Å². The van der Waals surface area contributed by atoms with Crippen LogP contribution in [-0.2, 0) is 37.3 Å². The number of fused-ring (bicyclic) bond motifs is 3. The average molecular weight is 1040 g/mol. The number of allylic oxidation sites excluding steroid dienone is 1. The third-order valence-electron chi connectivity index (χ3n) is 12.7. The maximum absolute atomic E-state index is 6.95. The van der Waals surface area contributed by atoms with Crippen molar-refractivity contribution in [3.63, 3.8) is 0 Å². The van der Waals surface area contributed by atoms with Gasteiger partial charge in [0.15, 0.2) is 0 Å². The first-order valence-electron chi connectivity index (χ1n) is 22.4. The first-order chi connectivity index (χ1) is 30.3. The minimum atomic E-state index is -0.345. The Morgan fingerprint density at radius 1 is 0.538 bits per heavy atom. The monoisotopic (exact) mass is 1030 g/mol. The molecule has 0 radical (unpaired) electrons. The van der Waals surface area contributed by atoms with E-state index in [0.717, 1.165) is 50.1 Å². The predicted octanol–water partition coefficient (Wildman–Crippen LogP) is 15.5. The van der Waals surface area contributed by atoms with Gasteiger partial charge in [-0.1, -0.05) is 167 Å². The molecule has 334 valence electrons. The fourth-order valence-electron chi connectivity index (χ4n) is 8.69. The largest absolute Gasteiger partial charge is 0.509 e. The SMILES string of the molecule is CC(C)(C)C1=CN(c2[c-]c(Oc3[c-]c4c(cc3)c3cc(-c5ccccc5)ccc3n4-c3cc(C(C)(C)C)ccn3)cc(C(C)(C)c3ccccc3)c2)[CH-]N1c1ccc(C(C)(C)C)cc1.[Pt]. The van der Waals surface area contributed by atoms with Gasteiger partial charge in [0.25, 0.3) is 0 Å². The van der Waals surface area contributed by atoms with Gasteiger partial charge in [0.2, 0.25) is 0 Å². The van der Waals surface area contributed by atoms with Crippen LogP contribution in [0.2, 0.25) is 0 Å². The summed E-state index contributed by atoms with van der Waals surface area (Å²) in [6.07, 6.45) is 4.16. The Kier molecular flexibility index (Phi) is 12.0. The van der Waals surface area contributed by atoms with Crippen LogP contribution in [0.1, 0.15) is 98.4 Å². The molecular formula is C59H59N4OPt-3. The van der Waals surface area contributed by atoms with Crippen LogP contribution in [0.5, 0.6) is 11.5 Å². The summed E-state index contributed by atoms with van der Waals surface area (Å²) in [5, 5.41) is 2.21. The van der Waals surface area contributed by atoms with Crippen LogP contribution in [0.15, 0.2) is 158 Å².